The highest BCUT2D eigenvalue weighted by molar-refractivity contribution is 5.91. The number of benzene rings is 1. The van der Waals surface area contributed by atoms with Crippen LogP contribution >= 0.6 is 0 Å². The number of hydrogen-bond donors (Lipinski definition) is 0. The van der Waals surface area contributed by atoms with Crippen LogP contribution in [0.4, 0.5) is 0 Å². The van der Waals surface area contributed by atoms with Crippen LogP contribution in [0.5, 0.6) is 0 Å². The van der Waals surface area contributed by atoms with E-state index in [0.717, 1.165) is 5.56 Å². The van der Waals surface area contributed by atoms with Crippen molar-refractivity contribution in [1.29, 1.82) is 0 Å². The van der Waals surface area contributed by atoms with Crippen LogP contribution in [0.1, 0.15) is 18.9 Å². The van der Waals surface area contributed by atoms with Crippen LogP contribution in [-0.4, -0.2) is 25.2 Å². The summed E-state index contributed by atoms with van der Waals surface area (Å²) < 4.78 is 9.56. The Bertz CT molecular complexity index is 359. The standard InChI is InChI=1S/C13H16O4/c1-2-16-12(14)10-13(15)17-9-8-11-6-4-3-5-7-11/h3-7H,2,8-10H2,1H3. The number of ether oxygens (including phenoxy) is 2. The number of carbonyl (C=O) groups is 2. The molecule has 4 nitrogen and oxygen atoms in total. The van der Waals surface area contributed by atoms with Crippen molar-refractivity contribution < 1.29 is 19.1 Å². The Morgan fingerprint density at radius 3 is 2.35 bits per heavy atom. The fourth-order valence-electron chi connectivity index (χ4n) is 1.31. The highest BCUT2D eigenvalue weighted by atomic mass is 16.6. The van der Waals surface area contributed by atoms with Gasteiger partial charge in [-0.3, -0.25) is 9.59 Å². The molecule has 4 heteroatoms. The lowest BCUT2D eigenvalue weighted by atomic mass is 10.2. The maximum absolute atomic E-state index is 11.2. The SMILES string of the molecule is CCOC(=O)CC(=O)OCCc1ccccc1. The summed E-state index contributed by atoms with van der Waals surface area (Å²) in [6.45, 7) is 2.25. The molecule has 1 aromatic carbocycles. The summed E-state index contributed by atoms with van der Waals surface area (Å²) in [6.07, 6.45) is 0.331. The van der Waals surface area contributed by atoms with E-state index in [1.807, 2.05) is 30.3 Å². The molecule has 0 amide bonds. The van der Waals surface area contributed by atoms with Crippen molar-refractivity contribution in [1.82, 2.24) is 0 Å². The van der Waals surface area contributed by atoms with Crippen molar-refractivity contribution in [2.45, 2.75) is 19.8 Å². The van der Waals surface area contributed by atoms with Gasteiger partial charge in [0, 0.05) is 6.42 Å². The molecule has 0 saturated carbocycles. The highest BCUT2D eigenvalue weighted by Crippen LogP contribution is 2.00. The lowest BCUT2D eigenvalue weighted by molar-refractivity contribution is -0.154. The van der Waals surface area contributed by atoms with Crippen LogP contribution in [0.3, 0.4) is 0 Å². The van der Waals surface area contributed by atoms with Gasteiger partial charge >= 0.3 is 11.9 Å². The number of carbonyl (C=O) groups excluding carboxylic acids is 2. The molecule has 1 aromatic rings. The summed E-state index contributed by atoms with van der Waals surface area (Å²) in [6, 6.07) is 9.69. The normalized spacial score (nSPS) is 9.71. The van der Waals surface area contributed by atoms with Gasteiger partial charge in [-0.05, 0) is 12.5 Å². The first kappa shape index (κ1) is 13.2. The van der Waals surface area contributed by atoms with Crippen LogP contribution < -0.4 is 0 Å². The van der Waals surface area contributed by atoms with Crippen molar-refractivity contribution in [3.05, 3.63) is 35.9 Å². The van der Waals surface area contributed by atoms with Gasteiger partial charge in [-0.15, -0.1) is 0 Å². The molecule has 92 valence electrons. The van der Waals surface area contributed by atoms with Gasteiger partial charge in [0.2, 0.25) is 0 Å². The number of hydrogen-bond acceptors (Lipinski definition) is 4. The maximum atomic E-state index is 11.2. The third kappa shape index (κ3) is 5.70. The minimum atomic E-state index is -0.544. The van der Waals surface area contributed by atoms with Crippen LogP contribution in [-0.2, 0) is 25.5 Å². The first-order valence-electron chi connectivity index (χ1n) is 5.57. The van der Waals surface area contributed by atoms with Crippen LogP contribution in [0.2, 0.25) is 0 Å². The Hall–Kier alpha value is -1.84. The van der Waals surface area contributed by atoms with Gasteiger partial charge in [-0.2, -0.15) is 0 Å². The number of rotatable bonds is 6. The molecule has 1 rings (SSSR count). The van der Waals surface area contributed by atoms with E-state index in [1.165, 1.54) is 0 Å². The molecule has 0 spiro atoms. The van der Waals surface area contributed by atoms with Gasteiger partial charge in [0.25, 0.3) is 0 Å². The van der Waals surface area contributed by atoms with Gasteiger partial charge in [0.1, 0.15) is 6.42 Å². The van der Waals surface area contributed by atoms with Gasteiger partial charge in [-0.1, -0.05) is 30.3 Å². The molecule has 0 heterocycles. The first-order valence-corrected chi connectivity index (χ1v) is 5.57. The molecule has 0 fully saturated rings. The second-order valence-corrected chi connectivity index (χ2v) is 3.44. The molecule has 0 aromatic heterocycles. The minimum absolute atomic E-state index is 0.274. The molecular weight excluding hydrogens is 220 g/mol. The van der Waals surface area contributed by atoms with Crippen molar-refractivity contribution >= 4 is 11.9 Å². The molecule has 0 radical (unpaired) electrons. The molecule has 0 N–H and O–H groups in total. The van der Waals surface area contributed by atoms with Crippen LogP contribution in [0, 0.1) is 0 Å². The fourth-order valence-corrected chi connectivity index (χ4v) is 1.31. The van der Waals surface area contributed by atoms with Crippen LogP contribution in [0.15, 0.2) is 30.3 Å². The molecule has 0 unspecified atom stereocenters. The quantitative estimate of drug-likeness (QED) is 0.557. The van der Waals surface area contributed by atoms with Crippen LogP contribution in [0.25, 0.3) is 0 Å². The predicted molar refractivity (Wildman–Crippen MR) is 62.4 cm³/mol. The summed E-state index contributed by atoms with van der Waals surface area (Å²) in [5.74, 6) is -1.09. The fraction of sp³-hybridized carbons (Fsp3) is 0.385. The zero-order valence-electron chi connectivity index (χ0n) is 9.85. The van der Waals surface area contributed by atoms with Crippen molar-refractivity contribution in [3.8, 4) is 0 Å². The molecule has 0 aliphatic carbocycles. The van der Waals surface area contributed by atoms with E-state index in [9.17, 15) is 9.59 Å². The highest BCUT2D eigenvalue weighted by Gasteiger charge is 2.10. The smallest absolute Gasteiger partial charge is 0.317 e. The third-order valence-electron chi connectivity index (χ3n) is 2.09. The molecule has 0 atom stereocenters. The summed E-state index contributed by atoms with van der Waals surface area (Å²) in [5.41, 5.74) is 1.09. The predicted octanol–water partition coefficient (Wildman–Crippen LogP) is 1.73. The van der Waals surface area contributed by atoms with Gasteiger partial charge in [0.05, 0.1) is 13.2 Å². The van der Waals surface area contributed by atoms with E-state index in [2.05, 4.69) is 4.74 Å². The van der Waals surface area contributed by atoms with E-state index in [-0.39, 0.29) is 19.6 Å². The van der Waals surface area contributed by atoms with E-state index >= 15 is 0 Å². The van der Waals surface area contributed by atoms with E-state index in [0.29, 0.717) is 6.42 Å². The monoisotopic (exact) mass is 236 g/mol. The van der Waals surface area contributed by atoms with Crippen molar-refractivity contribution in [2.75, 3.05) is 13.2 Å². The molecule has 17 heavy (non-hydrogen) atoms. The molecule has 0 saturated heterocycles. The lowest BCUT2D eigenvalue weighted by Crippen LogP contribution is -2.15. The summed E-state index contributed by atoms with van der Waals surface area (Å²) in [4.78, 5) is 22.2. The summed E-state index contributed by atoms with van der Waals surface area (Å²) >= 11 is 0. The maximum Gasteiger partial charge on any atom is 0.317 e. The third-order valence-corrected chi connectivity index (χ3v) is 2.09. The van der Waals surface area contributed by atoms with Crippen molar-refractivity contribution in [2.24, 2.45) is 0 Å². The Morgan fingerprint density at radius 2 is 1.71 bits per heavy atom. The average molecular weight is 236 g/mol. The summed E-state index contributed by atoms with van der Waals surface area (Å²) in [7, 11) is 0. The summed E-state index contributed by atoms with van der Waals surface area (Å²) in [5, 5.41) is 0. The molecular formula is C13H16O4. The molecule has 0 bridgehead atoms. The van der Waals surface area contributed by atoms with Crippen molar-refractivity contribution in [3.63, 3.8) is 0 Å². The lowest BCUT2D eigenvalue weighted by Gasteiger charge is -2.04. The average Bonchev–Trinajstić information content (AvgIpc) is 2.30. The Morgan fingerprint density at radius 1 is 1.06 bits per heavy atom. The topological polar surface area (TPSA) is 52.6 Å². The minimum Gasteiger partial charge on any atom is -0.466 e. The Labute approximate surface area is 101 Å². The van der Waals surface area contributed by atoms with Gasteiger partial charge in [0.15, 0.2) is 0 Å². The largest absolute Gasteiger partial charge is 0.466 e. The van der Waals surface area contributed by atoms with E-state index in [1.54, 1.807) is 6.92 Å². The van der Waals surface area contributed by atoms with E-state index in [4.69, 9.17) is 4.74 Å². The molecule has 0 aliphatic heterocycles. The Kier molecular flexibility index (Phi) is 5.79. The second kappa shape index (κ2) is 7.44. The van der Waals surface area contributed by atoms with Gasteiger partial charge < -0.3 is 9.47 Å². The molecule has 0 aliphatic rings. The number of esters is 2. The zero-order valence-corrected chi connectivity index (χ0v) is 9.85. The zero-order chi connectivity index (χ0) is 12.5. The first-order chi connectivity index (χ1) is 8.22. The second-order valence-electron chi connectivity index (χ2n) is 3.44. The van der Waals surface area contributed by atoms with E-state index < -0.39 is 11.9 Å². The Balaban J connectivity index is 2.18. The van der Waals surface area contributed by atoms with Gasteiger partial charge in [-0.25, -0.2) is 0 Å².